The van der Waals surface area contributed by atoms with E-state index in [-0.39, 0.29) is 17.6 Å². The highest BCUT2D eigenvalue weighted by molar-refractivity contribution is 7.89. The second-order valence-corrected chi connectivity index (χ2v) is 9.27. The predicted octanol–water partition coefficient (Wildman–Crippen LogP) is 1.90. The molecular weight excluding hydrogens is 394 g/mol. The van der Waals surface area contributed by atoms with Crippen molar-refractivity contribution in [3.63, 3.8) is 0 Å². The van der Waals surface area contributed by atoms with Crippen LogP contribution in [0.15, 0.2) is 35.4 Å². The summed E-state index contributed by atoms with van der Waals surface area (Å²) in [4.78, 5) is 12.7. The van der Waals surface area contributed by atoms with Gasteiger partial charge in [-0.25, -0.2) is 8.42 Å². The number of piperidine rings is 1. The van der Waals surface area contributed by atoms with Gasteiger partial charge < -0.3 is 19.4 Å². The Balaban J connectivity index is 1.39. The van der Waals surface area contributed by atoms with E-state index in [0.717, 1.165) is 30.6 Å². The van der Waals surface area contributed by atoms with E-state index in [2.05, 4.69) is 5.32 Å². The van der Waals surface area contributed by atoms with Gasteiger partial charge in [-0.1, -0.05) is 12.5 Å². The minimum absolute atomic E-state index is 0.169. The van der Waals surface area contributed by atoms with Crippen LogP contribution in [0.5, 0.6) is 11.5 Å². The van der Waals surface area contributed by atoms with Crippen LogP contribution in [0, 0.1) is 0 Å². The summed E-state index contributed by atoms with van der Waals surface area (Å²) in [6.07, 6.45) is 4.94. The maximum absolute atomic E-state index is 12.8. The molecule has 1 N–H and O–H groups in total. The molecule has 0 atom stereocenters. The number of ether oxygens (including phenoxy) is 2. The van der Waals surface area contributed by atoms with Gasteiger partial charge in [0.2, 0.25) is 16.8 Å². The van der Waals surface area contributed by atoms with Crippen molar-refractivity contribution in [2.45, 2.75) is 30.6 Å². The maximum atomic E-state index is 12.8. The van der Waals surface area contributed by atoms with Crippen molar-refractivity contribution in [3.8, 4) is 11.5 Å². The molecule has 0 unspecified atom stereocenters. The zero-order chi connectivity index (χ0) is 20.4. The average molecular weight is 420 g/mol. The minimum atomic E-state index is -3.56. The lowest BCUT2D eigenvalue weighted by molar-refractivity contribution is 0.0946. The number of benzene rings is 1. The molecule has 0 radical (unpaired) electrons. The Morgan fingerprint density at radius 3 is 2.66 bits per heavy atom. The maximum Gasteiger partial charge on any atom is 0.267 e. The first-order valence-electron chi connectivity index (χ1n) is 9.78. The normalized spacial score (nSPS) is 16.7. The minimum Gasteiger partial charge on any atom is -0.454 e. The van der Waals surface area contributed by atoms with Crippen molar-refractivity contribution in [3.05, 3.63) is 41.7 Å². The fourth-order valence-corrected chi connectivity index (χ4v) is 5.25. The smallest absolute Gasteiger partial charge is 0.267 e. The monoisotopic (exact) mass is 419 g/mol. The summed E-state index contributed by atoms with van der Waals surface area (Å²) >= 11 is 0. The zero-order valence-electron chi connectivity index (χ0n) is 16.4. The third kappa shape index (κ3) is 4.11. The topological polar surface area (TPSA) is 89.9 Å². The standard InChI is InChI=1S/C20H25N3O5S/c1-22-13-16(29(25,26)23-9-3-2-4-10-23)12-17(22)20(24)21-8-7-15-5-6-18-19(11-15)28-14-27-18/h5-6,11-13H,2-4,7-10,14H2,1H3,(H,21,24). The van der Waals surface area contributed by atoms with Crippen molar-refractivity contribution in [1.82, 2.24) is 14.2 Å². The van der Waals surface area contributed by atoms with Gasteiger partial charge in [0, 0.05) is 32.9 Å². The number of carbonyl (C=O) groups is 1. The van der Waals surface area contributed by atoms with E-state index in [1.54, 1.807) is 11.6 Å². The largest absolute Gasteiger partial charge is 0.454 e. The number of amides is 1. The van der Waals surface area contributed by atoms with Gasteiger partial charge in [-0.15, -0.1) is 0 Å². The molecule has 2 aliphatic rings. The van der Waals surface area contributed by atoms with Gasteiger partial charge >= 0.3 is 0 Å². The number of sulfonamides is 1. The lowest BCUT2D eigenvalue weighted by atomic mass is 10.1. The van der Waals surface area contributed by atoms with Crippen LogP contribution in [0.25, 0.3) is 0 Å². The number of nitrogens with zero attached hydrogens (tertiary/aromatic N) is 2. The van der Waals surface area contributed by atoms with Gasteiger partial charge in [0.1, 0.15) is 10.6 Å². The first-order valence-corrected chi connectivity index (χ1v) is 11.2. The molecule has 9 heteroatoms. The molecule has 3 heterocycles. The molecule has 2 aliphatic heterocycles. The Kier molecular flexibility index (Phi) is 5.51. The fourth-order valence-electron chi connectivity index (χ4n) is 3.66. The van der Waals surface area contributed by atoms with Gasteiger partial charge in [-0.3, -0.25) is 4.79 Å². The highest BCUT2D eigenvalue weighted by Crippen LogP contribution is 2.32. The molecule has 156 valence electrons. The Labute approximate surface area is 170 Å². The number of carbonyl (C=O) groups excluding carboxylic acids is 1. The van der Waals surface area contributed by atoms with Gasteiger partial charge in [0.05, 0.1) is 0 Å². The summed E-state index contributed by atoms with van der Waals surface area (Å²) < 4.78 is 39.4. The summed E-state index contributed by atoms with van der Waals surface area (Å²) in [6, 6.07) is 7.15. The molecule has 0 saturated carbocycles. The third-order valence-corrected chi connectivity index (χ3v) is 7.17. The van der Waals surface area contributed by atoms with Crippen LogP contribution in [0.3, 0.4) is 0 Å². The van der Waals surface area contributed by atoms with E-state index in [0.29, 0.717) is 37.5 Å². The van der Waals surface area contributed by atoms with E-state index in [1.165, 1.54) is 16.6 Å². The molecule has 2 aromatic rings. The summed E-state index contributed by atoms with van der Waals surface area (Å²) in [6.45, 7) is 1.73. The fraction of sp³-hybridized carbons (Fsp3) is 0.450. The Morgan fingerprint density at radius 2 is 1.86 bits per heavy atom. The summed E-state index contributed by atoms with van der Waals surface area (Å²) in [5.74, 6) is 1.14. The summed E-state index contributed by atoms with van der Waals surface area (Å²) in [5, 5.41) is 2.86. The molecule has 1 amide bonds. The van der Waals surface area contributed by atoms with Crippen molar-refractivity contribution >= 4 is 15.9 Å². The number of fused-ring (bicyclic) bond motifs is 1. The first-order chi connectivity index (χ1) is 13.9. The molecule has 1 aromatic heterocycles. The number of aromatic nitrogens is 1. The molecule has 1 fully saturated rings. The summed E-state index contributed by atoms with van der Waals surface area (Å²) in [7, 11) is -1.88. The molecule has 4 rings (SSSR count). The highest BCUT2D eigenvalue weighted by Gasteiger charge is 2.28. The van der Waals surface area contributed by atoms with Crippen LogP contribution >= 0.6 is 0 Å². The van der Waals surface area contributed by atoms with E-state index >= 15 is 0 Å². The van der Waals surface area contributed by atoms with E-state index in [1.807, 2.05) is 18.2 Å². The van der Waals surface area contributed by atoms with Crippen molar-refractivity contribution in [2.75, 3.05) is 26.4 Å². The average Bonchev–Trinajstić information content (AvgIpc) is 3.35. The quantitative estimate of drug-likeness (QED) is 0.772. The number of hydrogen-bond donors (Lipinski definition) is 1. The van der Waals surface area contributed by atoms with Crippen LogP contribution in [-0.4, -0.2) is 49.6 Å². The van der Waals surface area contributed by atoms with E-state index in [4.69, 9.17) is 9.47 Å². The summed E-state index contributed by atoms with van der Waals surface area (Å²) in [5.41, 5.74) is 1.35. The molecule has 0 spiro atoms. The number of aryl methyl sites for hydroxylation is 1. The highest BCUT2D eigenvalue weighted by atomic mass is 32.2. The molecule has 29 heavy (non-hydrogen) atoms. The Bertz CT molecular complexity index is 1010. The van der Waals surface area contributed by atoms with Crippen LogP contribution in [-0.2, 0) is 23.5 Å². The second kappa shape index (κ2) is 8.08. The van der Waals surface area contributed by atoms with Crippen LogP contribution in [0.2, 0.25) is 0 Å². The van der Waals surface area contributed by atoms with Gasteiger partial charge in [-0.05, 0) is 43.0 Å². The lowest BCUT2D eigenvalue weighted by Crippen LogP contribution is -2.35. The predicted molar refractivity (Wildman–Crippen MR) is 107 cm³/mol. The molecule has 8 nitrogen and oxygen atoms in total. The third-order valence-electron chi connectivity index (χ3n) is 5.30. The first kappa shape index (κ1) is 19.8. The van der Waals surface area contributed by atoms with Crippen LogP contribution in [0.4, 0.5) is 0 Å². The van der Waals surface area contributed by atoms with Crippen molar-refractivity contribution in [2.24, 2.45) is 7.05 Å². The molecule has 1 saturated heterocycles. The molecule has 0 bridgehead atoms. The second-order valence-electron chi connectivity index (χ2n) is 7.33. The van der Waals surface area contributed by atoms with E-state index in [9.17, 15) is 13.2 Å². The number of nitrogens with one attached hydrogen (secondary N) is 1. The van der Waals surface area contributed by atoms with Crippen molar-refractivity contribution < 1.29 is 22.7 Å². The lowest BCUT2D eigenvalue weighted by Gasteiger charge is -2.25. The Morgan fingerprint density at radius 1 is 1.10 bits per heavy atom. The number of rotatable bonds is 6. The van der Waals surface area contributed by atoms with Crippen LogP contribution in [0.1, 0.15) is 35.3 Å². The van der Waals surface area contributed by atoms with Gasteiger partial charge in [0.25, 0.3) is 5.91 Å². The molecular formula is C20H25N3O5S. The molecule has 1 aromatic carbocycles. The number of hydrogen-bond acceptors (Lipinski definition) is 5. The van der Waals surface area contributed by atoms with Crippen LogP contribution < -0.4 is 14.8 Å². The molecule has 0 aliphatic carbocycles. The SMILES string of the molecule is Cn1cc(S(=O)(=O)N2CCCCC2)cc1C(=O)NCCc1ccc2c(c1)OCO2. The Hall–Kier alpha value is -2.52. The van der Waals surface area contributed by atoms with Crippen molar-refractivity contribution in [1.29, 1.82) is 0 Å². The van der Waals surface area contributed by atoms with E-state index < -0.39 is 10.0 Å². The van der Waals surface area contributed by atoms with Gasteiger partial charge in [0.15, 0.2) is 11.5 Å². The zero-order valence-corrected chi connectivity index (χ0v) is 17.2. The van der Waals surface area contributed by atoms with Gasteiger partial charge in [-0.2, -0.15) is 4.31 Å².